The van der Waals surface area contributed by atoms with Crippen molar-refractivity contribution >= 4 is 27.9 Å². The first-order valence-corrected chi connectivity index (χ1v) is 9.66. The van der Waals surface area contributed by atoms with Crippen LogP contribution in [0, 0.1) is 29.6 Å². The summed E-state index contributed by atoms with van der Waals surface area (Å²) in [5.74, 6) is 3.29. The van der Waals surface area contributed by atoms with Crippen molar-refractivity contribution in [2.75, 3.05) is 13.7 Å². The summed E-state index contributed by atoms with van der Waals surface area (Å²) in [6.07, 6.45) is 11.1. The fourth-order valence-electron chi connectivity index (χ4n) is 3.20. The van der Waals surface area contributed by atoms with E-state index in [4.69, 9.17) is 15.9 Å². The zero-order valence-electron chi connectivity index (χ0n) is 15.5. The molecule has 27 heavy (non-hydrogen) atoms. The standard InChI is InChI=1S/C21H23BrN2O3/c1-4-9-27-20-15(11-17(22)12-19(20)26-3)10-16(13-23)21(25)24-18-8-6-5-7-14(18)2/h1,10-12,14,18H,5-9H2,2-3H3,(H,24,25)/b16-10+/t14-,18-/m0/s1. The molecule has 0 unspecified atom stereocenters. The van der Waals surface area contributed by atoms with Crippen LogP contribution in [0.5, 0.6) is 11.5 Å². The molecule has 1 aromatic carbocycles. The Kier molecular flexibility index (Phi) is 7.76. The molecule has 0 spiro atoms. The van der Waals surface area contributed by atoms with Gasteiger partial charge in [0.05, 0.1) is 7.11 Å². The molecule has 0 aromatic heterocycles. The lowest BCUT2D eigenvalue weighted by Crippen LogP contribution is -2.41. The molecular formula is C21H23BrN2O3. The van der Waals surface area contributed by atoms with Crippen LogP contribution in [0.1, 0.15) is 38.2 Å². The van der Waals surface area contributed by atoms with E-state index >= 15 is 0 Å². The molecule has 5 nitrogen and oxygen atoms in total. The summed E-state index contributed by atoms with van der Waals surface area (Å²) < 4.78 is 11.7. The lowest BCUT2D eigenvalue weighted by molar-refractivity contribution is -0.118. The highest BCUT2D eigenvalue weighted by atomic mass is 79.9. The lowest BCUT2D eigenvalue weighted by Gasteiger charge is -2.29. The molecule has 1 amide bonds. The fraction of sp³-hybridized carbons (Fsp3) is 0.429. The summed E-state index contributed by atoms with van der Waals surface area (Å²) in [4.78, 5) is 12.6. The van der Waals surface area contributed by atoms with Gasteiger partial charge in [-0.15, -0.1) is 6.42 Å². The van der Waals surface area contributed by atoms with E-state index in [2.05, 4.69) is 34.1 Å². The number of hydrogen-bond donors (Lipinski definition) is 1. The highest BCUT2D eigenvalue weighted by Crippen LogP contribution is 2.36. The minimum absolute atomic E-state index is 0.0125. The molecular weight excluding hydrogens is 408 g/mol. The monoisotopic (exact) mass is 430 g/mol. The van der Waals surface area contributed by atoms with E-state index in [9.17, 15) is 10.1 Å². The Balaban J connectivity index is 2.33. The van der Waals surface area contributed by atoms with Crippen LogP contribution in [0.3, 0.4) is 0 Å². The first kappa shape index (κ1) is 20.9. The molecule has 0 heterocycles. The number of amides is 1. The predicted octanol–water partition coefficient (Wildman–Crippen LogP) is 4.07. The summed E-state index contributed by atoms with van der Waals surface area (Å²) in [5, 5.41) is 12.5. The summed E-state index contributed by atoms with van der Waals surface area (Å²) in [6.45, 7) is 2.18. The Bertz CT molecular complexity index is 805. The van der Waals surface area contributed by atoms with Crippen LogP contribution in [0.15, 0.2) is 22.2 Å². The average Bonchev–Trinajstić information content (AvgIpc) is 2.66. The number of nitrogens with one attached hydrogen (secondary N) is 1. The average molecular weight is 431 g/mol. The maximum atomic E-state index is 12.6. The molecule has 1 aromatic rings. The minimum Gasteiger partial charge on any atom is -0.493 e. The topological polar surface area (TPSA) is 71.3 Å². The molecule has 1 N–H and O–H groups in total. The third-order valence-electron chi connectivity index (χ3n) is 4.66. The SMILES string of the molecule is C#CCOc1c(/C=C(\C#N)C(=O)N[C@H]2CCCC[C@@H]2C)cc(Br)cc1OC. The second-order valence-corrected chi connectivity index (χ2v) is 7.45. The zero-order chi connectivity index (χ0) is 19.8. The van der Waals surface area contributed by atoms with Crippen molar-refractivity contribution < 1.29 is 14.3 Å². The van der Waals surface area contributed by atoms with Gasteiger partial charge in [-0.05, 0) is 37.0 Å². The minimum atomic E-state index is -0.377. The van der Waals surface area contributed by atoms with Crippen molar-refractivity contribution in [1.82, 2.24) is 5.32 Å². The van der Waals surface area contributed by atoms with Gasteiger partial charge in [0.2, 0.25) is 0 Å². The molecule has 0 bridgehead atoms. The number of benzene rings is 1. The highest BCUT2D eigenvalue weighted by Gasteiger charge is 2.24. The largest absolute Gasteiger partial charge is 0.493 e. The van der Waals surface area contributed by atoms with Gasteiger partial charge >= 0.3 is 0 Å². The Labute approximate surface area is 168 Å². The maximum Gasteiger partial charge on any atom is 0.262 e. The van der Waals surface area contributed by atoms with Crippen molar-refractivity contribution in [3.63, 3.8) is 0 Å². The van der Waals surface area contributed by atoms with Crippen LogP contribution >= 0.6 is 15.9 Å². The van der Waals surface area contributed by atoms with Crippen molar-refractivity contribution in [3.8, 4) is 29.9 Å². The quantitative estimate of drug-likeness (QED) is 0.419. The second-order valence-electron chi connectivity index (χ2n) is 6.53. The Morgan fingerprint density at radius 1 is 1.44 bits per heavy atom. The number of terminal acetylenes is 1. The molecule has 0 saturated heterocycles. The molecule has 6 heteroatoms. The van der Waals surface area contributed by atoms with Crippen LogP contribution < -0.4 is 14.8 Å². The number of carbonyl (C=O) groups is 1. The molecule has 1 aliphatic rings. The third kappa shape index (κ3) is 5.52. The zero-order valence-corrected chi connectivity index (χ0v) is 17.1. The molecule has 1 fully saturated rings. The lowest BCUT2D eigenvalue weighted by atomic mass is 9.86. The van der Waals surface area contributed by atoms with Gasteiger partial charge in [0, 0.05) is 16.1 Å². The molecule has 0 radical (unpaired) electrons. The smallest absolute Gasteiger partial charge is 0.262 e. The van der Waals surface area contributed by atoms with E-state index in [-0.39, 0.29) is 24.1 Å². The third-order valence-corrected chi connectivity index (χ3v) is 5.12. The van der Waals surface area contributed by atoms with E-state index in [1.165, 1.54) is 19.6 Å². The number of rotatable bonds is 6. The van der Waals surface area contributed by atoms with Crippen LogP contribution in [0.25, 0.3) is 6.08 Å². The van der Waals surface area contributed by atoms with E-state index < -0.39 is 0 Å². The Morgan fingerprint density at radius 2 is 2.19 bits per heavy atom. The van der Waals surface area contributed by atoms with Crippen molar-refractivity contribution in [2.45, 2.75) is 38.6 Å². The van der Waals surface area contributed by atoms with Crippen molar-refractivity contribution in [3.05, 3.63) is 27.7 Å². The van der Waals surface area contributed by atoms with Gasteiger partial charge in [0.25, 0.3) is 5.91 Å². The van der Waals surface area contributed by atoms with Crippen LogP contribution in [-0.2, 0) is 4.79 Å². The van der Waals surface area contributed by atoms with Gasteiger partial charge in [-0.2, -0.15) is 5.26 Å². The van der Waals surface area contributed by atoms with Crippen LogP contribution in [0.2, 0.25) is 0 Å². The second kappa shape index (κ2) is 10.0. The van der Waals surface area contributed by atoms with Gasteiger partial charge in [-0.25, -0.2) is 0 Å². The van der Waals surface area contributed by atoms with Gasteiger partial charge in [0.15, 0.2) is 11.5 Å². The Morgan fingerprint density at radius 3 is 2.81 bits per heavy atom. The first-order chi connectivity index (χ1) is 13.0. The number of nitriles is 1. The normalized spacial score (nSPS) is 19.5. The van der Waals surface area contributed by atoms with Gasteiger partial charge in [-0.3, -0.25) is 4.79 Å². The number of carbonyl (C=O) groups excluding carboxylic acids is 1. The summed E-state index contributed by atoms with van der Waals surface area (Å²) >= 11 is 3.40. The van der Waals surface area contributed by atoms with E-state index in [0.29, 0.717) is 23.0 Å². The summed E-state index contributed by atoms with van der Waals surface area (Å²) in [6, 6.07) is 5.57. The predicted molar refractivity (Wildman–Crippen MR) is 108 cm³/mol. The number of ether oxygens (including phenoxy) is 2. The number of halogens is 1. The van der Waals surface area contributed by atoms with Crippen molar-refractivity contribution in [2.24, 2.45) is 5.92 Å². The molecule has 1 aliphatic carbocycles. The highest BCUT2D eigenvalue weighted by molar-refractivity contribution is 9.10. The summed E-state index contributed by atoms with van der Waals surface area (Å²) in [7, 11) is 1.51. The Hall–Kier alpha value is -2.44. The fourth-order valence-corrected chi connectivity index (χ4v) is 3.65. The molecule has 142 valence electrons. The molecule has 0 aliphatic heterocycles. The van der Waals surface area contributed by atoms with Crippen LogP contribution in [0.4, 0.5) is 0 Å². The molecule has 1 saturated carbocycles. The van der Waals surface area contributed by atoms with Gasteiger partial charge in [0.1, 0.15) is 18.2 Å². The number of methoxy groups -OCH3 is 1. The first-order valence-electron chi connectivity index (χ1n) is 8.86. The number of hydrogen-bond acceptors (Lipinski definition) is 4. The van der Waals surface area contributed by atoms with Crippen molar-refractivity contribution in [1.29, 1.82) is 5.26 Å². The molecule has 2 rings (SSSR count). The summed E-state index contributed by atoms with van der Waals surface area (Å²) in [5.41, 5.74) is 0.554. The number of nitrogens with zero attached hydrogens (tertiary/aromatic N) is 1. The molecule has 2 atom stereocenters. The maximum absolute atomic E-state index is 12.6. The van der Waals surface area contributed by atoms with E-state index in [1.807, 2.05) is 6.07 Å². The van der Waals surface area contributed by atoms with E-state index in [1.54, 1.807) is 12.1 Å². The van der Waals surface area contributed by atoms with Gasteiger partial charge in [-0.1, -0.05) is 41.6 Å². The van der Waals surface area contributed by atoms with Crippen LogP contribution in [-0.4, -0.2) is 25.7 Å². The van der Waals surface area contributed by atoms with Gasteiger partial charge < -0.3 is 14.8 Å². The van der Waals surface area contributed by atoms with E-state index in [0.717, 1.165) is 23.7 Å².